The molecule has 3 rings (SSSR count). The molecule has 0 aliphatic carbocycles. The smallest absolute Gasteiger partial charge is 0.208 e. The van der Waals surface area contributed by atoms with Gasteiger partial charge in [0.15, 0.2) is 0 Å². The molecule has 2 aromatic heterocycles. The Morgan fingerprint density at radius 1 is 1.25 bits per heavy atom. The SMILES string of the molecule is CS(=O)(=O)NCCc1ccc(-c2csc(-c3cccc(Cl)c3)n2)s1. The summed E-state index contributed by atoms with van der Waals surface area (Å²) in [5.41, 5.74) is 1.94. The van der Waals surface area contributed by atoms with Crippen molar-refractivity contribution in [1.82, 2.24) is 9.71 Å². The number of sulfonamides is 1. The van der Waals surface area contributed by atoms with E-state index in [-0.39, 0.29) is 0 Å². The van der Waals surface area contributed by atoms with Gasteiger partial charge in [0.05, 0.1) is 16.8 Å². The maximum atomic E-state index is 11.1. The molecular weight excluding hydrogens is 384 g/mol. The molecule has 0 saturated carbocycles. The van der Waals surface area contributed by atoms with E-state index < -0.39 is 10.0 Å². The summed E-state index contributed by atoms with van der Waals surface area (Å²) in [7, 11) is -3.14. The molecule has 24 heavy (non-hydrogen) atoms. The second kappa shape index (κ2) is 7.33. The minimum atomic E-state index is -3.14. The first kappa shape index (κ1) is 17.6. The van der Waals surface area contributed by atoms with E-state index in [0.29, 0.717) is 18.0 Å². The third-order valence-electron chi connectivity index (χ3n) is 3.23. The fourth-order valence-electron chi connectivity index (χ4n) is 2.15. The van der Waals surface area contributed by atoms with Crippen molar-refractivity contribution in [2.45, 2.75) is 6.42 Å². The Kier molecular flexibility index (Phi) is 5.36. The van der Waals surface area contributed by atoms with Crippen LogP contribution >= 0.6 is 34.3 Å². The molecule has 0 fully saturated rings. The summed E-state index contributed by atoms with van der Waals surface area (Å²) in [5.74, 6) is 0. The van der Waals surface area contributed by atoms with E-state index in [0.717, 1.165) is 26.0 Å². The zero-order valence-corrected chi connectivity index (χ0v) is 16.0. The number of hydrogen-bond acceptors (Lipinski definition) is 5. The summed E-state index contributed by atoms with van der Waals surface area (Å²) in [5, 5.41) is 3.66. The molecule has 1 N–H and O–H groups in total. The molecule has 0 amide bonds. The number of thiophene rings is 1. The number of nitrogens with zero attached hydrogens (tertiary/aromatic N) is 1. The lowest BCUT2D eigenvalue weighted by molar-refractivity contribution is 0.588. The summed E-state index contributed by atoms with van der Waals surface area (Å²) in [6.45, 7) is 0.406. The van der Waals surface area contributed by atoms with Crippen molar-refractivity contribution in [3.05, 3.63) is 51.7 Å². The van der Waals surface area contributed by atoms with E-state index in [1.54, 1.807) is 22.7 Å². The van der Waals surface area contributed by atoms with Gasteiger partial charge in [-0.1, -0.05) is 23.7 Å². The Morgan fingerprint density at radius 2 is 2.08 bits per heavy atom. The van der Waals surface area contributed by atoms with E-state index in [1.807, 2.05) is 41.8 Å². The lowest BCUT2D eigenvalue weighted by atomic mass is 10.2. The number of hydrogen-bond donors (Lipinski definition) is 1. The van der Waals surface area contributed by atoms with Gasteiger partial charge in [0.25, 0.3) is 0 Å². The zero-order valence-electron chi connectivity index (χ0n) is 12.8. The number of benzene rings is 1. The van der Waals surface area contributed by atoms with Crippen molar-refractivity contribution < 1.29 is 8.42 Å². The average Bonchev–Trinajstić information content (AvgIpc) is 3.14. The average molecular weight is 399 g/mol. The maximum Gasteiger partial charge on any atom is 0.208 e. The summed E-state index contributed by atoms with van der Waals surface area (Å²) >= 11 is 9.25. The Bertz CT molecular complexity index is 948. The molecule has 3 aromatic rings. The molecule has 0 unspecified atom stereocenters. The van der Waals surface area contributed by atoms with Gasteiger partial charge in [-0.2, -0.15) is 0 Å². The summed E-state index contributed by atoms with van der Waals surface area (Å²) in [4.78, 5) is 6.88. The van der Waals surface area contributed by atoms with Crippen LogP contribution in [0.1, 0.15) is 4.88 Å². The van der Waals surface area contributed by atoms with Crippen LogP contribution in [-0.4, -0.2) is 26.2 Å². The van der Waals surface area contributed by atoms with Crippen LogP contribution in [0.2, 0.25) is 5.02 Å². The molecule has 0 aliphatic heterocycles. The molecule has 0 atom stereocenters. The van der Waals surface area contributed by atoms with Gasteiger partial charge in [0.1, 0.15) is 5.01 Å². The van der Waals surface area contributed by atoms with Gasteiger partial charge >= 0.3 is 0 Å². The van der Waals surface area contributed by atoms with Crippen LogP contribution in [0.15, 0.2) is 41.8 Å². The van der Waals surface area contributed by atoms with Gasteiger partial charge in [0.2, 0.25) is 10.0 Å². The van der Waals surface area contributed by atoms with Crippen LogP contribution in [0, 0.1) is 0 Å². The highest BCUT2D eigenvalue weighted by Gasteiger charge is 2.10. The molecule has 126 valence electrons. The van der Waals surface area contributed by atoms with Crippen LogP contribution in [0.5, 0.6) is 0 Å². The number of nitrogens with one attached hydrogen (secondary N) is 1. The predicted octanol–water partition coefficient (Wildman–Crippen LogP) is 4.28. The highest BCUT2D eigenvalue weighted by Crippen LogP contribution is 2.33. The normalized spacial score (nSPS) is 11.8. The Balaban J connectivity index is 1.72. The second-order valence-corrected chi connectivity index (χ2v) is 9.53. The molecule has 0 bridgehead atoms. The fraction of sp³-hybridized carbons (Fsp3) is 0.188. The van der Waals surface area contributed by atoms with Crippen molar-refractivity contribution in [3.8, 4) is 21.1 Å². The molecule has 0 radical (unpaired) electrons. The third kappa shape index (κ3) is 4.64. The molecule has 4 nitrogen and oxygen atoms in total. The quantitative estimate of drug-likeness (QED) is 0.674. The summed E-state index contributed by atoms with van der Waals surface area (Å²) in [6, 6.07) is 11.7. The van der Waals surface area contributed by atoms with Crippen molar-refractivity contribution in [1.29, 1.82) is 0 Å². The summed E-state index contributed by atoms with van der Waals surface area (Å²) < 4.78 is 24.7. The number of halogens is 1. The van der Waals surface area contributed by atoms with Crippen molar-refractivity contribution >= 4 is 44.3 Å². The minimum Gasteiger partial charge on any atom is -0.235 e. The van der Waals surface area contributed by atoms with Gasteiger partial charge in [0, 0.05) is 27.4 Å². The first-order valence-electron chi connectivity index (χ1n) is 7.16. The first-order chi connectivity index (χ1) is 11.4. The lowest BCUT2D eigenvalue weighted by Gasteiger charge is -1.99. The molecule has 0 aliphatic rings. The monoisotopic (exact) mass is 398 g/mol. The van der Waals surface area contributed by atoms with E-state index in [9.17, 15) is 8.42 Å². The van der Waals surface area contributed by atoms with Crippen LogP contribution in [-0.2, 0) is 16.4 Å². The van der Waals surface area contributed by atoms with E-state index in [2.05, 4.69) is 9.71 Å². The predicted molar refractivity (Wildman–Crippen MR) is 102 cm³/mol. The highest BCUT2D eigenvalue weighted by atomic mass is 35.5. The Hall–Kier alpha value is -1.25. The first-order valence-corrected chi connectivity index (χ1v) is 11.1. The Morgan fingerprint density at radius 3 is 2.83 bits per heavy atom. The molecule has 8 heteroatoms. The zero-order chi connectivity index (χ0) is 17.2. The van der Waals surface area contributed by atoms with Gasteiger partial charge in [-0.05, 0) is 30.7 Å². The third-order valence-corrected chi connectivity index (χ3v) is 6.25. The van der Waals surface area contributed by atoms with Crippen LogP contribution in [0.3, 0.4) is 0 Å². The van der Waals surface area contributed by atoms with Crippen LogP contribution < -0.4 is 4.72 Å². The highest BCUT2D eigenvalue weighted by molar-refractivity contribution is 7.88. The second-order valence-electron chi connectivity index (χ2n) is 5.23. The molecule has 0 spiro atoms. The van der Waals surface area contributed by atoms with Crippen LogP contribution in [0.25, 0.3) is 21.1 Å². The fourth-order valence-corrected chi connectivity index (χ4v) is 4.67. The topological polar surface area (TPSA) is 59.1 Å². The van der Waals surface area contributed by atoms with Gasteiger partial charge in [-0.25, -0.2) is 18.1 Å². The Labute approximate surface area is 154 Å². The van der Waals surface area contributed by atoms with Crippen molar-refractivity contribution in [2.75, 3.05) is 12.8 Å². The van der Waals surface area contributed by atoms with E-state index in [4.69, 9.17) is 11.6 Å². The number of aromatic nitrogens is 1. The van der Waals surface area contributed by atoms with E-state index in [1.165, 1.54) is 6.26 Å². The summed E-state index contributed by atoms with van der Waals surface area (Å²) in [6.07, 6.45) is 1.84. The number of rotatable bonds is 6. The van der Waals surface area contributed by atoms with Crippen molar-refractivity contribution in [3.63, 3.8) is 0 Å². The standard InChI is InChI=1S/C16H15ClN2O2S3/c1-24(20,21)18-8-7-13-5-6-15(23-13)14-10-22-16(19-14)11-3-2-4-12(17)9-11/h2-6,9-10,18H,7-8H2,1H3. The minimum absolute atomic E-state index is 0.406. The van der Waals surface area contributed by atoms with Crippen LogP contribution in [0.4, 0.5) is 0 Å². The molecule has 0 saturated heterocycles. The van der Waals surface area contributed by atoms with Gasteiger partial charge in [-0.15, -0.1) is 22.7 Å². The lowest BCUT2D eigenvalue weighted by Crippen LogP contribution is -2.23. The van der Waals surface area contributed by atoms with Crippen molar-refractivity contribution in [2.24, 2.45) is 0 Å². The van der Waals surface area contributed by atoms with Gasteiger partial charge < -0.3 is 0 Å². The molecular formula is C16H15ClN2O2S3. The molecule has 1 aromatic carbocycles. The van der Waals surface area contributed by atoms with E-state index >= 15 is 0 Å². The largest absolute Gasteiger partial charge is 0.235 e. The number of thiazole rings is 1. The molecule has 2 heterocycles. The maximum absolute atomic E-state index is 11.1. The van der Waals surface area contributed by atoms with Gasteiger partial charge in [-0.3, -0.25) is 0 Å².